The summed E-state index contributed by atoms with van der Waals surface area (Å²) < 4.78 is 6.69. The van der Waals surface area contributed by atoms with E-state index in [2.05, 4.69) is 15.5 Å². The van der Waals surface area contributed by atoms with Gasteiger partial charge >= 0.3 is 0 Å². The normalized spacial score (nSPS) is 10.7. The number of ether oxygens (including phenoxy) is 1. The zero-order chi connectivity index (χ0) is 17.8. The molecule has 9 heteroatoms. The van der Waals surface area contributed by atoms with E-state index in [0.29, 0.717) is 20.8 Å². The van der Waals surface area contributed by atoms with E-state index in [4.69, 9.17) is 27.9 Å². The van der Waals surface area contributed by atoms with Crippen molar-refractivity contribution in [3.63, 3.8) is 0 Å². The fraction of sp³-hybridized carbons (Fsp3) is 0.125. The van der Waals surface area contributed by atoms with Gasteiger partial charge in [0.05, 0.1) is 23.6 Å². The second-order valence-corrected chi connectivity index (χ2v) is 6.69. The Hall–Kier alpha value is -2.09. The second-order valence-electron chi connectivity index (χ2n) is 4.91. The lowest BCUT2D eigenvalue weighted by Gasteiger charge is -2.06. The molecule has 0 amide bonds. The lowest BCUT2D eigenvalue weighted by atomic mass is 10.1. The van der Waals surface area contributed by atoms with Crippen LogP contribution in [0, 0.1) is 0 Å². The van der Waals surface area contributed by atoms with Crippen molar-refractivity contribution in [1.29, 1.82) is 0 Å². The molecule has 25 heavy (non-hydrogen) atoms. The third kappa shape index (κ3) is 4.12. The Morgan fingerprint density at radius 1 is 1.20 bits per heavy atom. The number of ketones is 1. The number of Topliss-reactive ketones (excluding diaryl/α,β-unsaturated/α-hetero) is 1. The Kier molecular flexibility index (Phi) is 5.57. The van der Waals surface area contributed by atoms with Gasteiger partial charge in [-0.05, 0) is 52.9 Å². The summed E-state index contributed by atoms with van der Waals surface area (Å²) in [7, 11) is 1.60. The number of methoxy groups -OCH3 is 1. The number of thioether (sulfide) groups is 1. The summed E-state index contributed by atoms with van der Waals surface area (Å²) in [6, 6.07) is 12.1. The SMILES string of the molecule is COc1ccc(-n2nnnc2SCC(=O)c2ccc(Cl)cc2Cl)cc1. The van der Waals surface area contributed by atoms with Crippen LogP contribution in [0.3, 0.4) is 0 Å². The van der Waals surface area contributed by atoms with Crippen LogP contribution in [0.15, 0.2) is 47.6 Å². The third-order valence-electron chi connectivity index (χ3n) is 3.32. The van der Waals surface area contributed by atoms with Gasteiger partial charge in [0.1, 0.15) is 5.75 Å². The molecule has 0 aliphatic rings. The van der Waals surface area contributed by atoms with Crippen LogP contribution >= 0.6 is 35.0 Å². The molecule has 3 aromatic rings. The van der Waals surface area contributed by atoms with Gasteiger partial charge in [-0.15, -0.1) is 5.10 Å². The summed E-state index contributed by atoms with van der Waals surface area (Å²) in [6.07, 6.45) is 0. The average molecular weight is 395 g/mol. The van der Waals surface area contributed by atoms with Crippen LogP contribution in [-0.4, -0.2) is 38.9 Å². The van der Waals surface area contributed by atoms with E-state index >= 15 is 0 Å². The summed E-state index contributed by atoms with van der Waals surface area (Å²) in [5, 5.41) is 12.9. The maximum absolute atomic E-state index is 12.4. The van der Waals surface area contributed by atoms with Crippen LogP contribution in [0.4, 0.5) is 0 Å². The molecule has 1 heterocycles. The van der Waals surface area contributed by atoms with Crippen molar-refractivity contribution >= 4 is 40.7 Å². The van der Waals surface area contributed by atoms with E-state index in [-0.39, 0.29) is 11.5 Å². The highest BCUT2D eigenvalue weighted by Crippen LogP contribution is 2.25. The summed E-state index contributed by atoms with van der Waals surface area (Å²) in [6.45, 7) is 0. The summed E-state index contributed by atoms with van der Waals surface area (Å²) in [4.78, 5) is 12.4. The molecule has 0 aliphatic heterocycles. The third-order valence-corrected chi connectivity index (χ3v) is 4.79. The highest BCUT2D eigenvalue weighted by atomic mass is 35.5. The number of tetrazole rings is 1. The number of carbonyl (C=O) groups is 1. The van der Waals surface area contributed by atoms with E-state index in [0.717, 1.165) is 11.4 Å². The van der Waals surface area contributed by atoms with Crippen molar-refractivity contribution in [1.82, 2.24) is 20.2 Å². The van der Waals surface area contributed by atoms with Crippen LogP contribution in [0.1, 0.15) is 10.4 Å². The number of aromatic nitrogens is 4. The predicted octanol–water partition coefficient (Wildman–Crippen LogP) is 3.95. The zero-order valence-electron chi connectivity index (χ0n) is 13.0. The first-order chi connectivity index (χ1) is 12.1. The fourth-order valence-electron chi connectivity index (χ4n) is 2.08. The van der Waals surface area contributed by atoms with Crippen LogP contribution in [0.25, 0.3) is 5.69 Å². The number of nitrogens with zero attached hydrogens (tertiary/aromatic N) is 4. The molecular weight excluding hydrogens is 383 g/mol. The lowest BCUT2D eigenvalue weighted by Crippen LogP contribution is -2.05. The molecule has 0 unspecified atom stereocenters. The van der Waals surface area contributed by atoms with Crippen molar-refractivity contribution in [2.24, 2.45) is 0 Å². The van der Waals surface area contributed by atoms with Crippen molar-refractivity contribution in [2.75, 3.05) is 12.9 Å². The highest BCUT2D eigenvalue weighted by Gasteiger charge is 2.15. The minimum Gasteiger partial charge on any atom is -0.497 e. The Morgan fingerprint density at radius 3 is 2.64 bits per heavy atom. The monoisotopic (exact) mass is 394 g/mol. The first-order valence-corrected chi connectivity index (χ1v) is 8.86. The van der Waals surface area contributed by atoms with Crippen molar-refractivity contribution in [2.45, 2.75) is 5.16 Å². The molecule has 128 valence electrons. The number of hydrogen-bond acceptors (Lipinski definition) is 6. The van der Waals surface area contributed by atoms with Gasteiger partial charge in [-0.25, -0.2) is 0 Å². The molecule has 0 spiro atoms. The number of carbonyl (C=O) groups excluding carboxylic acids is 1. The van der Waals surface area contributed by atoms with Crippen molar-refractivity contribution < 1.29 is 9.53 Å². The van der Waals surface area contributed by atoms with Gasteiger partial charge in [-0.1, -0.05) is 35.0 Å². The Morgan fingerprint density at radius 2 is 1.96 bits per heavy atom. The molecule has 0 N–H and O–H groups in total. The molecule has 0 atom stereocenters. The second kappa shape index (κ2) is 7.86. The molecule has 1 aromatic heterocycles. The van der Waals surface area contributed by atoms with E-state index < -0.39 is 0 Å². The van der Waals surface area contributed by atoms with Gasteiger partial charge in [0.15, 0.2) is 5.78 Å². The molecule has 2 aromatic carbocycles. The topological polar surface area (TPSA) is 69.9 Å². The summed E-state index contributed by atoms with van der Waals surface area (Å²) >= 11 is 13.1. The lowest BCUT2D eigenvalue weighted by molar-refractivity contribution is 0.102. The van der Waals surface area contributed by atoms with Crippen molar-refractivity contribution in [3.05, 3.63) is 58.1 Å². The zero-order valence-corrected chi connectivity index (χ0v) is 15.3. The number of hydrogen-bond donors (Lipinski definition) is 0. The Labute approximate surface area is 158 Å². The fourth-order valence-corrected chi connectivity index (χ4v) is 3.37. The van der Waals surface area contributed by atoms with Crippen LogP contribution < -0.4 is 4.74 Å². The van der Waals surface area contributed by atoms with Gasteiger partial charge in [0.2, 0.25) is 5.16 Å². The molecule has 3 rings (SSSR count). The molecule has 6 nitrogen and oxygen atoms in total. The smallest absolute Gasteiger partial charge is 0.214 e. The van der Waals surface area contributed by atoms with Crippen LogP contribution in [0.5, 0.6) is 5.75 Å². The van der Waals surface area contributed by atoms with E-state index in [1.54, 1.807) is 30.0 Å². The molecular formula is C16H12Cl2N4O2S. The summed E-state index contributed by atoms with van der Waals surface area (Å²) in [5.74, 6) is 0.757. The highest BCUT2D eigenvalue weighted by molar-refractivity contribution is 7.99. The van der Waals surface area contributed by atoms with Gasteiger partial charge in [0, 0.05) is 10.6 Å². The largest absolute Gasteiger partial charge is 0.497 e. The van der Waals surface area contributed by atoms with Gasteiger partial charge in [0.25, 0.3) is 0 Å². The molecule has 0 aliphatic carbocycles. The van der Waals surface area contributed by atoms with Crippen LogP contribution in [0.2, 0.25) is 10.0 Å². The van der Waals surface area contributed by atoms with E-state index in [1.165, 1.54) is 11.8 Å². The molecule has 0 bridgehead atoms. The summed E-state index contributed by atoms with van der Waals surface area (Å²) in [5.41, 5.74) is 1.19. The molecule has 0 radical (unpaired) electrons. The first kappa shape index (κ1) is 17.7. The Bertz CT molecular complexity index is 899. The Balaban J connectivity index is 1.73. The van der Waals surface area contributed by atoms with Gasteiger partial charge < -0.3 is 4.74 Å². The average Bonchev–Trinajstić information content (AvgIpc) is 3.08. The van der Waals surface area contributed by atoms with Crippen LogP contribution in [-0.2, 0) is 0 Å². The number of halogens is 2. The number of benzene rings is 2. The molecule has 0 saturated heterocycles. The standard InChI is InChI=1S/C16H12Cl2N4O2S/c1-24-12-5-3-11(4-6-12)22-16(19-20-21-22)25-9-15(23)13-7-2-10(17)8-14(13)18/h2-8H,9H2,1H3. The van der Waals surface area contributed by atoms with Gasteiger partial charge in [-0.2, -0.15) is 4.68 Å². The quantitative estimate of drug-likeness (QED) is 0.465. The van der Waals surface area contributed by atoms with Gasteiger partial charge in [-0.3, -0.25) is 4.79 Å². The molecule has 0 saturated carbocycles. The van der Waals surface area contributed by atoms with E-state index in [9.17, 15) is 4.79 Å². The minimum absolute atomic E-state index is 0.129. The first-order valence-electron chi connectivity index (χ1n) is 7.12. The number of rotatable bonds is 6. The molecule has 0 fully saturated rings. The van der Waals surface area contributed by atoms with E-state index in [1.807, 2.05) is 24.3 Å². The maximum Gasteiger partial charge on any atom is 0.214 e. The van der Waals surface area contributed by atoms with Crippen molar-refractivity contribution in [3.8, 4) is 11.4 Å². The maximum atomic E-state index is 12.4. The predicted molar refractivity (Wildman–Crippen MR) is 97.2 cm³/mol. The minimum atomic E-state index is -0.129.